The Morgan fingerprint density at radius 2 is 1.71 bits per heavy atom. The number of carbonyl (C=O) groups is 6. The Morgan fingerprint density at radius 1 is 1.02 bits per heavy atom. The molecule has 0 N–H and O–H groups in total. The average molecular weight is 668 g/mol. The summed E-state index contributed by atoms with van der Waals surface area (Å²) in [7, 11) is 0. The van der Waals surface area contributed by atoms with E-state index in [4.69, 9.17) is 14.2 Å². The van der Waals surface area contributed by atoms with E-state index in [2.05, 4.69) is 33.4 Å². The lowest BCUT2D eigenvalue weighted by molar-refractivity contribution is -0.305. The molecule has 5 rings (SSSR count). The second kappa shape index (κ2) is 12.5. The van der Waals surface area contributed by atoms with Crippen molar-refractivity contribution in [3.63, 3.8) is 0 Å². The normalized spacial score (nSPS) is 39.3. The van der Waals surface area contributed by atoms with Crippen LogP contribution in [0.5, 0.6) is 0 Å². The van der Waals surface area contributed by atoms with E-state index in [0.29, 0.717) is 18.3 Å². The second-order valence-corrected chi connectivity index (χ2v) is 16.1. The molecule has 264 valence electrons. The minimum absolute atomic E-state index is 0.0122. The predicted molar refractivity (Wildman–Crippen MR) is 171 cm³/mol. The summed E-state index contributed by atoms with van der Waals surface area (Å²) in [5.41, 5.74) is -0.387. The number of carboxylic acid groups (broad SMARTS) is 1. The zero-order valence-corrected chi connectivity index (χ0v) is 29.4. The Labute approximate surface area is 283 Å². The van der Waals surface area contributed by atoms with E-state index in [9.17, 15) is 33.9 Å². The molecule has 0 unspecified atom stereocenters. The molecule has 5 aliphatic carbocycles. The molecule has 0 saturated heterocycles. The molecule has 48 heavy (non-hydrogen) atoms. The highest BCUT2D eigenvalue weighted by atomic mass is 16.6. The summed E-state index contributed by atoms with van der Waals surface area (Å²) in [6.07, 6.45) is 6.97. The van der Waals surface area contributed by atoms with Crippen molar-refractivity contribution in [3.05, 3.63) is 24.3 Å². The first-order valence-electron chi connectivity index (χ1n) is 17.5. The van der Waals surface area contributed by atoms with Crippen LogP contribution in [-0.2, 0) is 43.0 Å². The molecule has 10 heteroatoms. The lowest BCUT2D eigenvalue weighted by atomic mass is 9.43. The third-order valence-electron chi connectivity index (χ3n) is 13.9. The van der Waals surface area contributed by atoms with E-state index < -0.39 is 60.1 Å². The van der Waals surface area contributed by atoms with Gasteiger partial charge in [0.2, 0.25) is 0 Å². The Kier molecular flexibility index (Phi) is 9.41. The van der Waals surface area contributed by atoms with Crippen LogP contribution in [0.1, 0.15) is 99.8 Å². The number of carbonyl (C=O) groups excluding carboxylic acids is 6. The van der Waals surface area contributed by atoms with Crippen molar-refractivity contribution >= 4 is 35.4 Å². The largest absolute Gasteiger partial charge is 0.550 e. The lowest BCUT2D eigenvalue weighted by Gasteiger charge is -2.61. The Bertz CT molecular complexity index is 1450. The fourth-order valence-corrected chi connectivity index (χ4v) is 11.4. The molecule has 10 nitrogen and oxygen atoms in total. The number of esters is 3. The maximum atomic E-state index is 14.1. The molecule has 12 atom stereocenters. The number of hydrogen-bond acceptors (Lipinski definition) is 10. The molecule has 0 bridgehead atoms. The minimum Gasteiger partial charge on any atom is -0.550 e. The molecule has 0 aromatic carbocycles. The molecular weight excluding hydrogens is 616 g/mol. The van der Waals surface area contributed by atoms with Crippen molar-refractivity contribution in [3.8, 4) is 0 Å². The van der Waals surface area contributed by atoms with Crippen LogP contribution < -0.4 is 5.11 Å². The molecule has 5 aliphatic rings. The van der Waals surface area contributed by atoms with E-state index in [-0.39, 0.29) is 57.9 Å². The van der Waals surface area contributed by atoms with Crippen LogP contribution in [0, 0.1) is 57.2 Å². The van der Waals surface area contributed by atoms with Crippen LogP contribution >= 0.6 is 0 Å². The van der Waals surface area contributed by atoms with Crippen LogP contribution in [0.2, 0.25) is 0 Å². The summed E-state index contributed by atoms with van der Waals surface area (Å²) in [5.74, 6) is -4.19. The van der Waals surface area contributed by atoms with Crippen molar-refractivity contribution in [2.24, 2.45) is 57.2 Å². The first-order chi connectivity index (χ1) is 22.3. The van der Waals surface area contributed by atoms with Crippen LogP contribution in [-0.4, -0.2) is 54.3 Å². The summed E-state index contributed by atoms with van der Waals surface area (Å²) in [6, 6.07) is 0. The number of carboxylic acids is 1. The molecule has 0 aromatic rings. The number of aliphatic carboxylic acids is 1. The lowest BCUT2D eigenvalue weighted by Crippen LogP contribution is -2.56. The number of rotatable bonds is 12. The van der Waals surface area contributed by atoms with Crippen LogP contribution in [0.3, 0.4) is 0 Å². The molecule has 4 fully saturated rings. The molecule has 0 amide bonds. The molecule has 4 saturated carbocycles. The first kappa shape index (κ1) is 36.0. The van der Waals surface area contributed by atoms with Crippen LogP contribution in [0.15, 0.2) is 24.3 Å². The Hall–Kier alpha value is -3.30. The summed E-state index contributed by atoms with van der Waals surface area (Å²) < 4.78 is 17.1. The van der Waals surface area contributed by atoms with Gasteiger partial charge in [-0.3, -0.25) is 24.0 Å². The third-order valence-corrected chi connectivity index (χ3v) is 13.9. The zero-order valence-electron chi connectivity index (χ0n) is 29.4. The van der Waals surface area contributed by atoms with E-state index in [1.165, 1.54) is 13.8 Å². The average Bonchev–Trinajstić information content (AvgIpc) is 3.62. The second-order valence-electron chi connectivity index (χ2n) is 16.1. The van der Waals surface area contributed by atoms with Crippen LogP contribution in [0.4, 0.5) is 0 Å². The van der Waals surface area contributed by atoms with Gasteiger partial charge in [-0.1, -0.05) is 47.3 Å². The van der Waals surface area contributed by atoms with Gasteiger partial charge in [-0.25, -0.2) is 0 Å². The Balaban J connectivity index is 1.43. The molecular formula is C38H51O10-. The summed E-state index contributed by atoms with van der Waals surface area (Å²) in [5, 5.41) is 10.7. The van der Waals surface area contributed by atoms with Gasteiger partial charge in [0, 0.05) is 43.5 Å². The van der Waals surface area contributed by atoms with E-state index in [1.54, 1.807) is 6.92 Å². The van der Waals surface area contributed by atoms with Crippen LogP contribution in [0.25, 0.3) is 0 Å². The highest BCUT2D eigenvalue weighted by molar-refractivity contribution is 6.00. The number of hydrogen-bond donors (Lipinski definition) is 0. The number of ketones is 2. The summed E-state index contributed by atoms with van der Waals surface area (Å²) in [6.45, 7) is 16.6. The zero-order chi connectivity index (χ0) is 35.6. The van der Waals surface area contributed by atoms with Gasteiger partial charge >= 0.3 is 17.9 Å². The van der Waals surface area contributed by atoms with Gasteiger partial charge < -0.3 is 24.1 Å². The summed E-state index contributed by atoms with van der Waals surface area (Å²) >= 11 is 0. The third kappa shape index (κ3) is 5.55. The highest BCUT2D eigenvalue weighted by Gasteiger charge is 2.81. The standard InChI is InChI=1S/C38H52O10/c1-20(18-46-31(44)12-11-30(42)43)21(2)33(45)34(48-25(6)40)23(4)32-28(47-24(5)39)17-36(8)29-10-9-26-22(3)27(41)13-14-37(26)19-38(29,37)16-15-35(32,36)7/h13-14,20,22-23,26,28-29,32,34H,2,9-12,15-19H2,1,3-8H3,(H,42,43)/p-1/t20-,22-,23-,26-,28-,29-,32-,34+,35+,36-,37+,38-/m0/s1. The smallest absolute Gasteiger partial charge is 0.306 e. The van der Waals surface area contributed by atoms with Crippen molar-refractivity contribution in [2.45, 2.75) is 112 Å². The van der Waals surface area contributed by atoms with Crippen molar-refractivity contribution < 1.29 is 48.1 Å². The molecule has 0 heterocycles. The number of Topliss-reactive ketones (excluding diaryl/α,β-unsaturated/α-hetero) is 1. The van der Waals surface area contributed by atoms with Gasteiger partial charge in [-0.05, 0) is 90.1 Å². The fourth-order valence-electron chi connectivity index (χ4n) is 11.4. The SMILES string of the molecule is C=C(C(=O)[C@H](OC(C)=O)[C@@H](C)[C@H]1[C@@H](OC(C)=O)C[C@@]2(C)[C@@H]3CC[C@H]4[C@H](C)C(=O)C=C[C@@]45C[C@@]35CC[C@]12C)[C@@H](C)COC(=O)CCC(=O)[O-]. The van der Waals surface area contributed by atoms with E-state index >= 15 is 0 Å². The van der Waals surface area contributed by atoms with Gasteiger partial charge in [-0.15, -0.1) is 0 Å². The number of allylic oxidation sites excluding steroid dienone is 2. The molecule has 0 aliphatic heterocycles. The van der Waals surface area contributed by atoms with Gasteiger partial charge in [0.1, 0.15) is 6.10 Å². The predicted octanol–water partition coefficient (Wildman–Crippen LogP) is 4.32. The number of fused-ring (bicyclic) bond motifs is 2. The van der Waals surface area contributed by atoms with E-state index in [1.807, 2.05) is 13.0 Å². The summed E-state index contributed by atoms with van der Waals surface area (Å²) in [4.78, 5) is 74.5. The maximum Gasteiger partial charge on any atom is 0.306 e. The van der Waals surface area contributed by atoms with Crippen molar-refractivity contribution in [1.29, 1.82) is 0 Å². The monoisotopic (exact) mass is 667 g/mol. The minimum atomic E-state index is -1.36. The molecule has 2 spiro atoms. The maximum absolute atomic E-state index is 14.1. The van der Waals surface area contributed by atoms with Crippen molar-refractivity contribution in [2.75, 3.05) is 6.61 Å². The quantitative estimate of drug-likeness (QED) is 0.167. The molecule has 0 aromatic heterocycles. The molecule has 0 radical (unpaired) electrons. The van der Waals surface area contributed by atoms with Gasteiger partial charge in [0.25, 0.3) is 0 Å². The van der Waals surface area contributed by atoms with Gasteiger partial charge in [0.15, 0.2) is 17.7 Å². The van der Waals surface area contributed by atoms with Crippen molar-refractivity contribution in [1.82, 2.24) is 0 Å². The van der Waals surface area contributed by atoms with Gasteiger partial charge in [-0.2, -0.15) is 0 Å². The first-order valence-corrected chi connectivity index (χ1v) is 17.5. The van der Waals surface area contributed by atoms with Gasteiger partial charge in [0.05, 0.1) is 13.0 Å². The highest BCUT2D eigenvalue weighted by Crippen LogP contribution is 2.87. The van der Waals surface area contributed by atoms with E-state index in [0.717, 1.165) is 32.1 Å². The topological polar surface area (TPSA) is 153 Å². The fraction of sp³-hybridized carbons (Fsp3) is 0.737. The number of ether oxygens (including phenoxy) is 3. The Morgan fingerprint density at radius 3 is 2.33 bits per heavy atom.